The average molecular weight is 699 g/mol. The van der Waals surface area contributed by atoms with Gasteiger partial charge in [0.15, 0.2) is 16.8 Å². The Bertz CT molecular complexity index is 2210. The van der Waals surface area contributed by atoms with E-state index >= 15 is 0 Å². The van der Waals surface area contributed by atoms with Crippen molar-refractivity contribution in [3.05, 3.63) is 94.5 Å². The molecule has 6 aromatic rings. The quantitative estimate of drug-likeness (QED) is 0.147. The summed E-state index contributed by atoms with van der Waals surface area (Å²) < 4.78 is 39.8. The van der Waals surface area contributed by atoms with E-state index in [0.29, 0.717) is 35.2 Å². The van der Waals surface area contributed by atoms with Crippen molar-refractivity contribution in [1.82, 2.24) is 19.7 Å². The number of benzene rings is 3. The maximum atomic E-state index is 13.6. The Morgan fingerprint density at radius 2 is 1.88 bits per heavy atom. The number of primary amides is 1. The van der Waals surface area contributed by atoms with Crippen LogP contribution in [0.15, 0.2) is 64.5 Å². The van der Waals surface area contributed by atoms with Crippen LogP contribution in [0.5, 0.6) is 5.75 Å². The Morgan fingerprint density at radius 3 is 2.57 bits per heavy atom. The van der Waals surface area contributed by atoms with Crippen LogP contribution in [-0.2, 0) is 4.79 Å². The molecule has 250 valence electrons. The van der Waals surface area contributed by atoms with Crippen molar-refractivity contribution in [2.45, 2.75) is 39.0 Å². The molecule has 0 unspecified atom stereocenters. The third-order valence-electron chi connectivity index (χ3n) is 8.19. The molecule has 0 aliphatic rings. The molecule has 1 atom stereocenters. The standard InChI is InChI=1S/C35H32F2N6O4SSi/c1-18-32(19(2)47-42-18)21-8-12-29-27(13-21)40-34(22(17-49)5-4-6-31(44)39-23-9-11-25(36)26(37)15-23)43(29)35-41-28(16-48-35)20-7-10-24(33(38)45)30(14-20)46-3/h7-17,22H,4-6,49H2,1-3H3,(H2,38,45)(H,39,44)/t22-/m1/s1. The van der Waals surface area contributed by atoms with E-state index in [1.54, 1.807) is 28.1 Å². The van der Waals surface area contributed by atoms with Gasteiger partial charge >= 0.3 is 0 Å². The van der Waals surface area contributed by atoms with Gasteiger partial charge < -0.3 is 20.3 Å². The van der Waals surface area contributed by atoms with Gasteiger partial charge in [-0.3, -0.25) is 14.2 Å². The number of methoxy groups -OCH3 is 1. The summed E-state index contributed by atoms with van der Waals surface area (Å²) in [4.78, 5) is 34.6. The van der Waals surface area contributed by atoms with Crippen molar-refractivity contribution in [1.29, 1.82) is 0 Å². The number of nitrogens with two attached hydrogens (primary N) is 1. The summed E-state index contributed by atoms with van der Waals surface area (Å²) in [6.07, 6.45) is 1.28. The second-order valence-corrected chi connectivity index (χ2v) is 12.7. The van der Waals surface area contributed by atoms with E-state index < -0.39 is 17.5 Å². The lowest BCUT2D eigenvalue weighted by Crippen LogP contribution is -2.14. The van der Waals surface area contributed by atoms with Crippen LogP contribution in [0, 0.1) is 25.5 Å². The number of carbonyl (C=O) groups excluding carboxylic acids is 2. The van der Waals surface area contributed by atoms with Gasteiger partial charge in [0, 0.05) is 40.6 Å². The Balaban J connectivity index is 1.34. The highest BCUT2D eigenvalue weighted by Crippen LogP contribution is 2.36. The van der Waals surface area contributed by atoms with Gasteiger partial charge in [-0.15, -0.1) is 11.3 Å². The molecule has 6 rings (SSSR count). The molecule has 10 nitrogen and oxygen atoms in total. The number of halogens is 2. The third-order valence-corrected chi connectivity index (χ3v) is 9.58. The summed E-state index contributed by atoms with van der Waals surface area (Å²) in [5, 5.41) is 9.35. The number of hydrogen-bond acceptors (Lipinski definition) is 8. The highest BCUT2D eigenvalue weighted by Gasteiger charge is 2.23. The number of carbonyl (C=O) groups is 2. The lowest BCUT2D eigenvalue weighted by molar-refractivity contribution is -0.116. The number of nitrogens with zero attached hydrogens (tertiary/aromatic N) is 4. The minimum atomic E-state index is -1.02. The number of anilines is 1. The summed E-state index contributed by atoms with van der Waals surface area (Å²) in [5.74, 6) is -1.22. The summed E-state index contributed by atoms with van der Waals surface area (Å²) in [6, 6.07) is 14.4. The molecule has 0 spiro atoms. The number of thiazole rings is 1. The second kappa shape index (κ2) is 14.0. The van der Waals surface area contributed by atoms with Crippen LogP contribution in [0.4, 0.5) is 14.5 Å². The molecule has 3 aromatic heterocycles. The number of rotatable bonds is 12. The van der Waals surface area contributed by atoms with Crippen LogP contribution in [0.3, 0.4) is 0 Å². The predicted molar refractivity (Wildman–Crippen MR) is 188 cm³/mol. The Hall–Kier alpha value is -5.34. The van der Waals surface area contributed by atoms with E-state index in [4.69, 9.17) is 25.0 Å². The molecular formula is C35H32F2N6O4SSi. The Morgan fingerprint density at radius 1 is 1.08 bits per heavy atom. The number of ether oxygens (including phenoxy) is 1. The fourth-order valence-corrected chi connectivity index (χ4v) is 7.09. The zero-order valence-electron chi connectivity index (χ0n) is 26.9. The van der Waals surface area contributed by atoms with Gasteiger partial charge in [0.1, 0.15) is 17.3 Å². The summed E-state index contributed by atoms with van der Waals surface area (Å²) >= 11 is 1.44. The summed E-state index contributed by atoms with van der Waals surface area (Å²) in [7, 11) is 3.19. The molecule has 0 radical (unpaired) electrons. The van der Waals surface area contributed by atoms with Crippen LogP contribution in [-0.4, -0.2) is 54.1 Å². The van der Waals surface area contributed by atoms with Crippen molar-refractivity contribution < 1.29 is 27.6 Å². The lowest BCUT2D eigenvalue weighted by atomic mass is 10.0. The molecule has 0 aliphatic heterocycles. The highest BCUT2D eigenvalue weighted by molar-refractivity contribution is 7.12. The monoisotopic (exact) mass is 698 g/mol. The maximum Gasteiger partial charge on any atom is 0.252 e. The normalized spacial score (nSPS) is 11.9. The molecule has 14 heteroatoms. The number of nitrogens with one attached hydrogen (secondary N) is 1. The highest BCUT2D eigenvalue weighted by atomic mass is 32.1. The predicted octanol–water partition coefficient (Wildman–Crippen LogP) is 6.13. The van der Waals surface area contributed by atoms with Crippen molar-refractivity contribution in [3.8, 4) is 33.3 Å². The first kappa shape index (κ1) is 33.6. The molecule has 2 amide bonds. The number of imidazole rings is 1. The van der Waals surface area contributed by atoms with Crippen LogP contribution in [0.1, 0.15) is 52.8 Å². The van der Waals surface area contributed by atoms with Gasteiger partial charge in [-0.2, -0.15) is 0 Å². The first-order chi connectivity index (χ1) is 23.6. The van der Waals surface area contributed by atoms with Crippen molar-refractivity contribution in [3.63, 3.8) is 0 Å². The molecular weight excluding hydrogens is 667 g/mol. The fraction of sp³-hybridized carbons (Fsp3) is 0.200. The average Bonchev–Trinajstić information content (AvgIpc) is 3.80. The molecule has 3 N–H and O–H groups in total. The van der Waals surface area contributed by atoms with E-state index in [-0.39, 0.29) is 29.5 Å². The van der Waals surface area contributed by atoms with E-state index in [9.17, 15) is 18.4 Å². The summed E-state index contributed by atoms with van der Waals surface area (Å²) in [6.45, 7) is 3.77. The maximum absolute atomic E-state index is 13.6. The van der Waals surface area contributed by atoms with Crippen LogP contribution in [0.25, 0.3) is 38.5 Å². The first-order valence-electron chi connectivity index (χ1n) is 15.3. The smallest absolute Gasteiger partial charge is 0.252 e. The zero-order chi connectivity index (χ0) is 34.8. The van der Waals surface area contributed by atoms with E-state index in [1.807, 2.05) is 42.0 Å². The molecule has 0 fully saturated rings. The number of aryl methyl sites for hydroxylation is 2. The molecule has 0 saturated heterocycles. The fourth-order valence-electron chi connectivity index (χ4n) is 5.79. The summed E-state index contributed by atoms with van der Waals surface area (Å²) in [5.41, 5.74) is 13.7. The molecule has 3 aromatic carbocycles. The first-order valence-corrected chi connectivity index (χ1v) is 17.0. The number of hydrogen-bond donors (Lipinski definition) is 2. The van der Waals surface area contributed by atoms with Gasteiger partial charge in [0.2, 0.25) is 5.91 Å². The minimum Gasteiger partial charge on any atom is -0.496 e. The van der Waals surface area contributed by atoms with Crippen molar-refractivity contribution >= 4 is 55.4 Å². The Labute approximate surface area is 287 Å². The zero-order valence-corrected chi connectivity index (χ0v) is 29.2. The largest absolute Gasteiger partial charge is 0.496 e. The topological polar surface area (TPSA) is 138 Å². The Kier molecular flexibility index (Phi) is 9.60. The number of aromatic nitrogens is 4. The van der Waals surface area contributed by atoms with Crippen LogP contribution in [0.2, 0.25) is 0 Å². The van der Waals surface area contributed by atoms with Crippen LogP contribution < -0.4 is 15.8 Å². The van der Waals surface area contributed by atoms with Gasteiger partial charge in [-0.05, 0) is 78.5 Å². The lowest BCUT2D eigenvalue weighted by Gasteiger charge is -2.14. The molecule has 0 saturated carbocycles. The molecule has 0 bridgehead atoms. The minimum absolute atomic E-state index is 0.147. The van der Waals surface area contributed by atoms with Gasteiger partial charge in [0.05, 0.1) is 35.1 Å². The van der Waals surface area contributed by atoms with Gasteiger partial charge in [-0.1, -0.05) is 23.0 Å². The third kappa shape index (κ3) is 6.82. The molecule has 0 aliphatic carbocycles. The van der Waals surface area contributed by atoms with E-state index in [1.165, 1.54) is 24.5 Å². The SMILES string of the molecule is COc1cc(-c2csc(-n3c([C@@H](C=[SiH2])CCCC(=O)Nc4ccc(F)c(F)c4)nc4cc(-c5c(C)noc5C)ccc43)n2)ccc1C(N)=O. The van der Waals surface area contributed by atoms with Gasteiger partial charge in [0.25, 0.3) is 5.91 Å². The molecule has 49 heavy (non-hydrogen) atoms. The van der Waals surface area contributed by atoms with Crippen LogP contribution >= 0.6 is 11.3 Å². The van der Waals surface area contributed by atoms with Gasteiger partial charge in [-0.25, -0.2) is 18.7 Å². The molecule has 3 heterocycles. The van der Waals surface area contributed by atoms with E-state index in [0.717, 1.165) is 51.4 Å². The number of amides is 2. The van der Waals surface area contributed by atoms with Crippen molar-refractivity contribution in [2.24, 2.45) is 5.73 Å². The second-order valence-electron chi connectivity index (χ2n) is 11.4. The number of fused-ring (bicyclic) bond motifs is 1. The van der Waals surface area contributed by atoms with E-state index in [2.05, 4.69) is 16.1 Å². The van der Waals surface area contributed by atoms with Crippen molar-refractivity contribution in [2.75, 3.05) is 12.4 Å².